The summed E-state index contributed by atoms with van der Waals surface area (Å²) in [5.41, 5.74) is 6.92. The number of aromatic nitrogens is 2. The third-order valence-corrected chi connectivity index (χ3v) is 3.49. The summed E-state index contributed by atoms with van der Waals surface area (Å²) in [6.07, 6.45) is 0.997. The average molecular weight is 237 g/mol. The SMILES string of the molecule is CC(C)(C)c1cc(N)nn1C1CCOC1(C)C. The minimum atomic E-state index is -0.168. The van der Waals surface area contributed by atoms with Crippen LogP contribution < -0.4 is 5.73 Å². The summed E-state index contributed by atoms with van der Waals surface area (Å²) < 4.78 is 7.85. The van der Waals surface area contributed by atoms with Crippen LogP contribution in [-0.4, -0.2) is 22.0 Å². The molecule has 2 heterocycles. The van der Waals surface area contributed by atoms with E-state index in [2.05, 4.69) is 44.4 Å². The van der Waals surface area contributed by atoms with Crippen molar-refractivity contribution in [1.29, 1.82) is 0 Å². The summed E-state index contributed by atoms with van der Waals surface area (Å²) in [6.45, 7) is 11.6. The molecule has 0 radical (unpaired) electrons. The van der Waals surface area contributed by atoms with Crippen molar-refractivity contribution in [2.75, 3.05) is 12.3 Å². The molecule has 0 spiro atoms. The first kappa shape index (κ1) is 12.4. The predicted molar refractivity (Wildman–Crippen MR) is 69.0 cm³/mol. The third-order valence-electron chi connectivity index (χ3n) is 3.49. The van der Waals surface area contributed by atoms with Crippen molar-refractivity contribution in [1.82, 2.24) is 9.78 Å². The van der Waals surface area contributed by atoms with E-state index >= 15 is 0 Å². The van der Waals surface area contributed by atoms with Crippen LogP contribution in [0.5, 0.6) is 0 Å². The van der Waals surface area contributed by atoms with E-state index in [0.717, 1.165) is 13.0 Å². The van der Waals surface area contributed by atoms with Crippen LogP contribution in [0, 0.1) is 0 Å². The van der Waals surface area contributed by atoms with Gasteiger partial charge in [0.15, 0.2) is 0 Å². The van der Waals surface area contributed by atoms with Gasteiger partial charge >= 0.3 is 0 Å². The van der Waals surface area contributed by atoms with Crippen molar-refractivity contribution < 1.29 is 4.74 Å². The van der Waals surface area contributed by atoms with E-state index in [-0.39, 0.29) is 17.1 Å². The lowest BCUT2D eigenvalue weighted by molar-refractivity contribution is 0.0108. The van der Waals surface area contributed by atoms with Gasteiger partial charge in [0.05, 0.1) is 11.6 Å². The summed E-state index contributed by atoms with van der Waals surface area (Å²) in [7, 11) is 0. The van der Waals surface area contributed by atoms with E-state index in [4.69, 9.17) is 10.5 Å². The zero-order chi connectivity index (χ0) is 12.8. The number of nitrogens with zero attached hydrogens (tertiary/aromatic N) is 2. The first-order chi connectivity index (χ1) is 7.72. The third kappa shape index (κ3) is 2.18. The molecule has 4 nitrogen and oxygen atoms in total. The minimum Gasteiger partial charge on any atom is -0.382 e. The molecule has 4 heteroatoms. The maximum atomic E-state index is 5.86. The molecule has 1 atom stereocenters. The predicted octanol–water partition coefficient (Wildman–Crippen LogP) is 2.50. The van der Waals surface area contributed by atoms with Crippen LogP contribution in [0.3, 0.4) is 0 Å². The zero-order valence-corrected chi connectivity index (χ0v) is 11.4. The molecule has 0 bridgehead atoms. The van der Waals surface area contributed by atoms with Crippen LogP contribution in [-0.2, 0) is 10.2 Å². The molecular weight excluding hydrogens is 214 g/mol. The molecule has 1 unspecified atom stereocenters. The minimum absolute atomic E-state index is 0.0449. The van der Waals surface area contributed by atoms with Crippen LogP contribution in [0.4, 0.5) is 5.82 Å². The molecule has 1 aromatic heterocycles. The van der Waals surface area contributed by atoms with Crippen LogP contribution >= 0.6 is 0 Å². The Morgan fingerprint density at radius 2 is 2.12 bits per heavy atom. The number of rotatable bonds is 1. The van der Waals surface area contributed by atoms with Crippen molar-refractivity contribution in [3.63, 3.8) is 0 Å². The fourth-order valence-electron chi connectivity index (χ4n) is 2.51. The van der Waals surface area contributed by atoms with Crippen LogP contribution in [0.2, 0.25) is 0 Å². The number of nitrogen functional groups attached to an aromatic ring is 1. The van der Waals surface area contributed by atoms with E-state index in [0.29, 0.717) is 5.82 Å². The monoisotopic (exact) mass is 237 g/mol. The number of hydrogen-bond acceptors (Lipinski definition) is 3. The number of hydrogen-bond donors (Lipinski definition) is 1. The second-order valence-electron chi connectivity index (χ2n) is 6.41. The average Bonchev–Trinajstić information content (AvgIpc) is 2.67. The van der Waals surface area contributed by atoms with Gasteiger partial charge in [-0.15, -0.1) is 0 Å². The van der Waals surface area contributed by atoms with E-state index < -0.39 is 0 Å². The van der Waals surface area contributed by atoms with E-state index in [1.165, 1.54) is 5.69 Å². The molecule has 0 aliphatic carbocycles. The molecule has 1 aliphatic rings. The van der Waals surface area contributed by atoms with Crippen molar-refractivity contribution in [3.05, 3.63) is 11.8 Å². The maximum Gasteiger partial charge on any atom is 0.145 e. The Hall–Kier alpha value is -1.03. The van der Waals surface area contributed by atoms with E-state index in [1.807, 2.05) is 6.07 Å². The summed E-state index contributed by atoms with van der Waals surface area (Å²) in [5.74, 6) is 0.595. The molecule has 1 saturated heterocycles. The van der Waals surface area contributed by atoms with Crippen molar-refractivity contribution >= 4 is 5.82 Å². The number of ether oxygens (including phenoxy) is 1. The van der Waals surface area contributed by atoms with Gasteiger partial charge in [0.25, 0.3) is 0 Å². The molecule has 2 N–H and O–H groups in total. The van der Waals surface area contributed by atoms with Gasteiger partial charge in [-0.3, -0.25) is 4.68 Å². The van der Waals surface area contributed by atoms with Gasteiger partial charge in [0.1, 0.15) is 5.82 Å². The molecule has 0 saturated carbocycles. The highest BCUT2D eigenvalue weighted by atomic mass is 16.5. The van der Waals surface area contributed by atoms with Gasteiger partial charge in [0.2, 0.25) is 0 Å². The fraction of sp³-hybridized carbons (Fsp3) is 0.769. The molecular formula is C13H23N3O. The summed E-state index contributed by atoms with van der Waals surface area (Å²) >= 11 is 0. The zero-order valence-electron chi connectivity index (χ0n) is 11.4. The molecule has 2 rings (SSSR count). The molecule has 96 valence electrons. The topological polar surface area (TPSA) is 53.1 Å². The summed E-state index contributed by atoms with van der Waals surface area (Å²) in [6, 6.07) is 2.25. The van der Waals surface area contributed by atoms with Crippen molar-refractivity contribution in [2.24, 2.45) is 0 Å². The van der Waals surface area contributed by atoms with Crippen molar-refractivity contribution in [2.45, 2.75) is 58.1 Å². The lowest BCUT2D eigenvalue weighted by Gasteiger charge is -2.30. The van der Waals surface area contributed by atoms with Gasteiger partial charge < -0.3 is 10.5 Å². The normalized spacial score (nSPS) is 24.2. The van der Waals surface area contributed by atoms with Gasteiger partial charge in [-0.25, -0.2) is 0 Å². The molecule has 17 heavy (non-hydrogen) atoms. The Kier molecular flexibility index (Phi) is 2.73. The Morgan fingerprint density at radius 3 is 2.59 bits per heavy atom. The standard InChI is InChI=1S/C13H23N3O/c1-12(2,3)10-8-11(14)15-16(10)9-6-7-17-13(9,4)5/h8-9H,6-7H2,1-5H3,(H2,14,15). The lowest BCUT2D eigenvalue weighted by Crippen LogP contribution is -2.33. The smallest absolute Gasteiger partial charge is 0.145 e. The summed E-state index contributed by atoms with van der Waals surface area (Å²) in [4.78, 5) is 0. The molecule has 1 aromatic rings. The van der Waals surface area contributed by atoms with E-state index in [1.54, 1.807) is 0 Å². The van der Waals surface area contributed by atoms with Gasteiger partial charge in [0, 0.05) is 23.8 Å². The first-order valence-corrected chi connectivity index (χ1v) is 6.21. The van der Waals surface area contributed by atoms with Crippen molar-refractivity contribution in [3.8, 4) is 0 Å². The highest BCUT2D eigenvalue weighted by Crippen LogP contribution is 2.38. The highest BCUT2D eigenvalue weighted by molar-refractivity contribution is 5.33. The highest BCUT2D eigenvalue weighted by Gasteiger charge is 2.40. The number of anilines is 1. The molecule has 1 aliphatic heterocycles. The second kappa shape index (κ2) is 3.73. The van der Waals surface area contributed by atoms with Crippen LogP contribution in [0.15, 0.2) is 6.07 Å². The fourth-order valence-corrected chi connectivity index (χ4v) is 2.51. The first-order valence-electron chi connectivity index (χ1n) is 6.21. The molecule has 1 fully saturated rings. The molecule has 0 aromatic carbocycles. The van der Waals surface area contributed by atoms with Crippen LogP contribution in [0.25, 0.3) is 0 Å². The Balaban J connectivity index is 2.45. The molecule has 0 amide bonds. The lowest BCUT2D eigenvalue weighted by atomic mass is 9.90. The largest absolute Gasteiger partial charge is 0.382 e. The quantitative estimate of drug-likeness (QED) is 0.816. The Bertz CT molecular complexity index is 415. The number of nitrogens with two attached hydrogens (primary N) is 1. The summed E-state index contributed by atoms with van der Waals surface area (Å²) in [5, 5.41) is 4.47. The second-order valence-corrected chi connectivity index (χ2v) is 6.41. The Morgan fingerprint density at radius 1 is 1.47 bits per heavy atom. The van der Waals surface area contributed by atoms with E-state index in [9.17, 15) is 0 Å². The Labute approximate surface area is 103 Å². The van der Waals surface area contributed by atoms with Crippen LogP contribution in [0.1, 0.15) is 52.8 Å². The van der Waals surface area contributed by atoms with Gasteiger partial charge in [-0.2, -0.15) is 5.10 Å². The van der Waals surface area contributed by atoms with Gasteiger partial charge in [-0.1, -0.05) is 20.8 Å². The maximum absolute atomic E-state index is 5.86. The van der Waals surface area contributed by atoms with Gasteiger partial charge in [-0.05, 0) is 20.3 Å².